The summed E-state index contributed by atoms with van der Waals surface area (Å²) >= 11 is 0. The fraction of sp³-hybridized carbons (Fsp3) is 0.241. The molecule has 0 aromatic heterocycles. The molecule has 1 aliphatic heterocycles. The highest BCUT2D eigenvalue weighted by molar-refractivity contribution is 6.61. The van der Waals surface area contributed by atoms with Crippen LogP contribution in [0.2, 0.25) is 0 Å². The van der Waals surface area contributed by atoms with Crippen molar-refractivity contribution in [3.05, 3.63) is 88.0 Å². The van der Waals surface area contributed by atoms with Crippen LogP contribution in [0.25, 0.3) is 0 Å². The lowest BCUT2D eigenvalue weighted by Crippen LogP contribution is -2.58. The van der Waals surface area contributed by atoms with Crippen molar-refractivity contribution in [2.75, 3.05) is 13.2 Å². The molecule has 1 amide bonds. The number of hydrogen-bond donors (Lipinski definition) is 4. The van der Waals surface area contributed by atoms with Crippen molar-refractivity contribution in [1.82, 2.24) is 5.32 Å². The molecule has 1 saturated heterocycles. The van der Waals surface area contributed by atoms with Gasteiger partial charge in [-0.2, -0.15) is 0 Å². The summed E-state index contributed by atoms with van der Waals surface area (Å²) in [4.78, 5) is 50.0. The number of aliphatic carboxylic acids is 1. The summed E-state index contributed by atoms with van der Waals surface area (Å²) in [7, 11) is -0.947. The third-order valence-corrected chi connectivity index (χ3v) is 7.63. The SMILES string of the molecule is O=C(O)CCNC(=O)OC[C@]12Cc3c(O)c4c(c(O)c3[C@H](C1)OB(c1ccccc1)O2)C(=O)c1ccccc1C4=O. The number of fused-ring (bicyclic) bond motifs is 6. The monoisotopic (exact) mass is 557 g/mol. The Morgan fingerprint density at radius 2 is 1.61 bits per heavy atom. The van der Waals surface area contributed by atoms with Crippen LogP contribution >= 0.6 is 0 Å². The van der Waals surface area contributed by atoms with Gasteiger partial charge in [0.05, 0.1) is 29.3 Å². The van der Waals surface area contributed by atoms with Crippen LogP contribution in [0.3, 0.4) is 0 Å². The number of carbonyl (C=O) groups excluding carboxylic acids is 3. The van der Waals surface area contributed by atoms with Crippen LogP contribution in [0.1, 0.15) is 61.9 Å². The second-order valence-electron chi connectivity index (χ2n) is 10.2. The number of nitrogens with one attached hydrogen (secondary N) is 1. The topological polar surface area (TPSA) is 169 Å². The molecule has 0 unspecified atom stereocenters. The number of hydrogen-bond acceptors (Lipinski definition) is 9. The number of rotatable bonds is 6. The van der Waals surface area contributed by atoms with Crippen LogP contribution in [0.15, 0.2) is 54.6 Å². The number of phenols is 2. The van der Waals surface area contributed by atoms with Gasteiger partial charge in [-0.05, 0) is 5.46 Å². The fourth-order valence-corrected chi connectivity index (χ4v) is 5.77. The second-order valence-corrected chi connectivity index (χ2v) is 10.2. The first kappa shape index (κ1) is 26.5. The average Bonchev–Trinajstić information content (AvgIpc) is 2.96. The van der Waals surface area contributed by atoms with Crippen molar-refractivity contribution in [2.24, 2.45) is 0 Å². The number of benzene rings is 3. The molecule has 3 aromatic carbocycles. The van der Waals surface area contributed by atoms with Gasteiger partial charge in [-0.3, -0.25) is 14.4 Å². The van der Waals surface area contributed by atoms with Gasteiger partial charge in [0, 0.05) is 41.6 Å². The summed E-state index contributed by atoms with van der Waals surface area (Å²) in [5.74, 6) is -3.18. The van der Waals surface area contributed by atoms with E-state index in [0.29, 0.717) is 5.46 Å². The van der Waals surface area contributed by atoms with Gasteiger partial charge in [-0.15, -0.1) is 0 Å². The van der Waals surface area contributed by atoms with Crippen molar-refractivity contribution >= 4 is 36.2 Å². The Kier molecular flexibility index (Phi) is 6.51. The maximum Gasteiger partial charge on any atom is 0.494 e. The van der Waals surface area contributed by atoms with Crippen LogP contribution < -0.4 is 10.8 Å². The summed E-state index contributed by atoms with van der Waals surface area (Å²) in [6, 6.07) is 15.2. The molecule has 1 fully saturated rings. The molecule has 2 aliphatic carbocycles. The van der Waals surface area contributed by atoms with Crippen LogP contribution in [-0.4, -0.2) is 64.8 Å². The zero-order chi connectivity index (χ0) is 28.9. The molecule has 0 radical (unpaired) electrons. The lowest BCUT2D eigenvalue weighted by atomic mass is 9.68. The molecule has 41 heavy (non-hydrogen) atoms. The highest BCUT2D eigenvalue weighted by Gasteiger charge is 2.53. The number of carboxylic acids is 1. The minimum absolute atomic E-state index is 0.0796. The third-order valence-electron chi connectivity index (χ3n) is 7.63. The first-order chi connectivity index (χ1) is 19.7. The predicted molar refractivity (Wildman–Crippen MR) is 142 cm³/mol. The van der Waals surface area contributed by atoms with Crippen molar-refractivity contribution in [1.29, 1.82) is 0 Å². The molecule has 1 heterocycles. The fourth-order valence-electron chi connectivity index (χ4n) is 5.77. The average molecular weight is 557 g/mol. The zero-order valence-electron chi connectivity index (χ0n) is 21.6. The van der Waals surface area contributed by atoms with Gasteiger partial charge in [-0.1, -0.05) is 54.6 Å². The highest BCUT2D eigenvalue weighted by atomic mass is 16.6. The van der Waals surface area contributed by atoms with E-state index in [1.54, 1.807) is 36.4 Å². The van der Waals surface area contributed by atoms with E-state index in [1.807, 2.05) is 6.07 Å². The Balaban J connectivity index is 1.41. The van der Waals surface area contributed by atoms with Crippen LogP contribution in [-0.2, 0) is 25.3 Å². The van der Waals surface area contributed by atoms with E-state index in [1.165, 1.54) is 12.1 Å². The maximum atomic E-state index is 13.5. The van der Waals surface area contributed by atoms with E-state index < -0.39 is 54.0 Å². The Morgan fingerprint density at radius 1 is 0.976 bits per heavy atom. The minimum atomic E-state index is -1.25. The van der Waals surface area contributed by atoms with Crippen LogP contribution in [0.4, 0.5) is 4.79 Å². The van der Waals surface area contributed by atoms with Crippen molar-refractivity contribution in [3.8, 4) is 11.5 Å². The maximum absolute atomic E-state index is 13.5. The van der Waals surface area contributed by atoms with Crippen LogP contribution in [0.5, 0.6) is 11.5 Å². The molecular formula is C29H24BNO10. The molecule has 3 aliphatic rings. The summed E-state index contributed by atoms with van der Waals surface area (Å²) in [5.41, 5.74) is -0.613. The van der Waals surface area contributed by atoms with Gasteiger partial charge >= 0.3 is 19.2 Å². The molecule has 3 aromatic rings. The highest BCUT2D eigenvalue weighted by Crippen LogP contribution is 2.53. The van der Waals surface area contributed by atoms with Gasteiger partial charge in [0.15, 0.2) is 11.6 Å². The van der Waals surface area contributed by atoms with E-state index in [2.05, 4.69) is 5.32 Å². The summed E-state index contributed by atoms with van der Waals surface area (Å²) in [6.07, 6.45) is -2.03. The molecule has 0 spiro atoms. The Labute approximate surface area is 233 Å². The largest absolute Gasteiger partial charge is 0.507 e. The predicted octanol–water partition coefficient (Wildman–Crippen LogP) is 2.24. The lowest BCUT2D eigenvalue weighted by Gasteiger charge is -2.48. The van der Waals surface area contributed by atoms with Gasteiger partial charge in [0.25, 0.3) is 0 Å². The zero-order valence-corrected chi connectivity index (χ0v) is 21.6. The third kappa shape index (κ3) is 4.50. The molecule has 6 rings (SSSR count). The number of phenolic OH excluding ortho intramolecular Hbond substituents is 2. The Bertz CT molecular complexity index is 1610. The van der Waals surface area contributed by atoms with Crippen molar-refractivity contribution in [2.45, 2.75) is 31.0 Å². The van der Waals surface area contributed by atoms with E-state index in [9.17, 15) is 29.4 Å². The number of alkyl carbamates (subject to hydrolysis) is 1. The first-order valence-corrected chi connectivity index (χ1v) is 13.0. The normalized spacial score (nSPS) is 20.5. The van der Waals surface area contributed by atoms with Gasteiger partial charge in [0.2, 0.25) is 0 Å². The van der Waals surface area contributed by atoms with E-state index >= 15 is 0 Å². The van der Waals surface area contributed by atoms with E-state index in [-0.39, 0.29) is 65.8 Å². The van der Waals surface area contributed by atoms with Gasteiger partial charge in [-0.25, -0.2) is 4.79 Å². The second kappa shape index (κ2) is 10.1. The number of carbonyl (C=O) groups is 4. The first-order valence-electron chi connectivity index (χ1n) is 13.0. The lowest BCUT2D eigenvalue weighted by molar-refractivity contribution is -0.136. The van der Waals surface area contributed by atoms with Crippen molar-refractivity contribution < 1.29 is 48.5 Å². The van der Waals surface area contributed by atoms with Crippen molar-refractivity contribution in [3.63, 3.8) is 0 Å². The molecule has 2 atom stereocenters. The number of ketones is 2. The molecule has 208 valence electrons. The van der Waals surface area contributed by atoms with Gasteiger partial charge < -0.3 is 34.7 Å². The van der Waals surface area contributed by atoms with Gasteiger partial charge in [0.1, 0.15) is 18.1 Å². The van der Waals surface area contributed by atoms with E-state index in [0.717, 1.165) is 0 Å². The molecule has 12 heteroatoms. The van der Waals surface area contributed by atoms with Crippen LogP contribution in [0, 0.1) is 0 Å². The molecule has 4 N–H and O–H groups in total. The standard InChI is InChI=1S/C29H24BNO10/c32-20(33)10-11-31-28(38)39-14-29-12-18-21(19(13-29)40-30(41-29)15-6-2-1-3-7-15)27(37)23-22(26(18)36)24(34)16-8-4-5-9-17(16)25(23)35/h1-9,19,36-37H,10-14H2,(H,31,38)(H,32,33)/t19-,29-/m0/s1. The Hall–Kier alpha value is -4.68. The van der Waals surface area contributed by atoms with E-state index in [4.69, 9.17) is 19.2 Å². The molecule has 2 bridgehead atoms. The summed E-state index contributed by atoms with van der Waals surface area (Å²) in [5, 5.41) is 34.1. The molecule has 0 saturated carbocycles. The number of amides is 1. The quantitative estimate of drug-likeness (QED) is 0.204. The molecular weight excluding hydrogens is 533 g/mol. The smallest absolute Gasteiger partial charge is 0.494 e. The number of aromatic hydroxyl groups is 2. The summed E-state index contributed by atoms with van der Waals surface area (Å²) in [6.45, 7) is -0.441. The summed E-state index contributed by atoms with van der Waals surface area (Å²) < 4.78 is 18.0. The Morgan fingerprint density at radius 3 is 2.27 bits per heavy atom. The number of carboxylic acid groups (broad SMARTS) is 1. The molecule has 11 nitrogen and oxygen atoms in total. The minimum Gasteiger partial charge on any atom is -0.507 e. The number of ether oxygens (including phenoxy) is 1.